The third-order valence-corrected chi connectivity index (χ3v) is 4.02. The SMILES string of the molecule is CCCCCCCCCC(O)c1ccc(F)c(Br)c1. The van der Waals surface area contributed by atoms with E-state index in [2.05, 4.69) is 22.9 Å². The summed E-state index contributed by atoms with van der Waals surface area (Å²) in [5, 5.41) is 10.0. The second kappa shape index (κ2) is 9.49. The molecule has 0 aliphatic carbocycles. The predicted octanol–water partition coefficient (Wildman–Crippen LogP) is 5.76. The Hall–Kier alpha value is -0.410. The molecule has 1 aromatic rings. The second-order valence-electron chi connectivity index (χ2n) is 5.10. The zero-order valence-corrected chi connectivity index (χ0v) is 13.3. The zero-order chi connectivity index (χ0) is 14.1. The largest absolute Gasteiger partial charge is 0.388 e. The zero-order valence-electron chi connectivity index (χ0n) is 11.7. The molecule has 1 unspecified atom stereocenters. The van der Waals surface area contributed by atoms with E-state index < -0.39 is 6.10 Å². The number of hydrogen-bond acceptors (Lipinski definition) is 1. The van der Waals surface area contributed by atoms with Gasteiger partial charge in [-0.15, -0.1) is 0 Å². The van der Waals surface area contributed by atoms with Crippen molar-refractivity contribution in [2.45, 2.75) is 64.4 Å². The average Bonchev–Trinajstić information content (AvgIpc) is 2.40. The maximum absolute atomic E-state index is 13.1. The number of aliphatic hydroxyl groups excluding tert-OH is 1. The van der Waals surface area contributed by atoms with E-state index in [-0.39, 0.29) is 5.82 Å². The Bertz CT molecular complexity index is 368. The van der Waals surface area contributed by atoms with Crippen molar-refractivity contribution in [2.75, 3.05) is 0 Å². The first-order valence-corrected chi connectivity index (χ1v) is 8.07. The van der Waals surface area contributed by atoms with Crippen LogP contribution in [-0.4, -0.2) is 5.11 Å². The van der Waals surface area contributed by atoms with Crippen LogP contribution < -0.4 is 0 Å². The normalized spacial score (nSPS) is 12.6. The van der Waals surface area contributed by atoms with E-state index in [0.717, 1.165) is 18.4 Å². The fraction of sp³-hybridized carbons (Fsp3) is 0.625. The standard InChI is InChI=1S/C16H24BrFO/c1-2-3-4-5-6-7-8-9-16(19)13-10-11-15(18)14(17)12-13/h10-12,16,19H,2-9H2,1H3. The van der Waals surface area contributed by atoms with Crippen LogP contribution in [0.1, 0.15) is 70.0 Å². The van der Waals surface area contributed by atoms with Crippen molar-refractivity contribution in [1.82, 2.24) is 0 Å². The summed E-state index contributed by atoms with van der Waals surface area (Å²) in [6.45, 7) is 2.22. The summed E-state index contributed by atoms with van der Waals surface area (Å²) >= 11 is 3.15. The highest BCUT2D eigenvalue weighted by Crippen LogP contribution is 2.24. The number of rotatable bonds is 9. The lowest BCUT2D eigenvalue weighted by Crippen LogP contribution is -1.98. The minimum atomic E-state index is -0.479. The van der Waals surface area contributed by atoms with Gasteiger partial charge in [0, 0.05) is 0 Å². The van der Waals surface area contributed by atoms with E-state index in [1.165, 1.54) is 44.6 Å². The van der Waals surface area contributed by atoms with Gasteiger partial charge in [-0.1, -0.05) is 57.9 Å². The minimum Gasteiger partial charge on any atom is -0.388 e. The molecule has 0 spiro atoms. The molecule has 0 aliphatic rings. The molecule has 0 aromatic heterocycles. The second-order valence-corrected chi connectivity index (χ2v) is 5.95. The molecule has 0 amide bonds. The molecule has 0 saturated heterocycles. The number of unbranched alkanes of at least 4 members (excludes halogenated alkanes) is 6. The van der Waals surface area contributed by atoms with E-state index >= 15 is 0 Å². The Morgan fingerprint density at radius 1 is 1.11 bits per heavy atom. The molecule has 1 nitrogen and oxygen atoms in total. The van der Waals surface area contributed by atoms with E-state index in [1.807, 2.05) is 0 Å². The van der Waals surface area contributed by atoms with Crippen LogP contribution in [0.5, 0.6) is 0 Å². The van der Waals surface area contributed by atoms with Crippen molar-refractivity contribution in [3.8, 4) is 0 Å². The first-order chi connectivity index (χ1) is 9.15. The highest BCUT2D eigenvalue weighted by Gasteiger charge is 2.09. The molecule has 1 N–H and O–H groups in total. The van der Waals surface area contributed by atoms with Gasteiger partial charge in [0.2, 0.25) is 0 Å². The smallest absolute Gasteiger partial charge is 0.137 e. The van der Waals surface area contributed by atoms with Gasteiger partial charge in [0.05, 0.1) is 10.6 Å². The van der Waals surface area contributed by atoms with Crippen LogP contribution in [0, 0.1) is 5.82 Å². The summed E-state index contributed by atoms with van der Waals surface area (Å²) in [6, 6.07) is 4.72. The molecule has 0 heterocycles. The van der Waals surface area contributed by atoms with Crippen LogP contribution in [0.4, 0.5) is 4.39 Å². The van der Waals surface area contributed by atoms with Gasteiger partial charge < -0.3 is 5.11 Å². The third kappa shape index (κ3) is 6.53. The Morgan fingerprint density at radius 2 is 1.74 bits per heavy atom. The summed E-state index contributed by atoms with van der Waals surface area (Å²) in [5.41, 5.74) is 0.791. The van der Waals surface area contributed by atoms with Crippen LogP contribution in [0.3, 0.4) is 0 Å². The van der Waals surface area contributed by atoms with Gasteiger partial charge in [0.1, 0.15) is 5.82 Å². The fourth-order valence-electron chi connectivity index (χ4n) is 2.18. The molecule has 0 radical (unpaired) electrons. The summed E-state index contributed by atoms with van der Waals surface area (Å²) in [7, 11) is 0. The molecule has 0 saturated carbocycles. The molecule has 1 atom stereocenters. The van der Waals surface area contributed by atoms with Crippen molar-refractivity contribution < 1.29 is 9.50 Å². The van der Waals surface area contributed by atoms with Crippen LogP contribution in [0.15, 0.2) is 22.7 Å². The van der Waals surface area contributed by atoms with E-state index in [1.54, 1.807) is 12.1 Å². The maximum Gasteiger partial charge on any atom is 0.137 e. The van der Waals surface area contributed by atoms with Crippen molar-refractivity contribution >= 4 is 15.9 Å². The lowest BCUT2D eigenvalue weighted by atomic mass is 10.0. The van der Waals surface area contributed by atoms with Gasteiger partial charge in [0.25, 0.3) is 0 Å². The number of halogens is 2. The molecule has 1 aromatic carbocycles. The first-order valence-electron chi connectivity index (χ1n) is 7.28. The highest BCUT2D eigenvalue weighted by atomic mass is 79.9. The highest BCUT2D eigenvalue weighted by molar-refractivity contribution is 9.10. The lowest BCUT2D eigenvalue weighted by molar-refractivity contribution is 0.163. The van der Waals surface area contributed by atoms with Crippen LogP contribution in [0.2, 0.25) is 0 Å². The third-order valence-electron chi connectivity index (χ3n) is 3.41. The van der Waals surface area contributed by atoms with Crippen molar-refractivity contribution in [3.05, 3.63) is 34.1 Å². The molecule has 108 valence electrons. The number of benzene rings is 1. The summed E-state index contributed by atoms with van der Waals surface area (Å²) in [5.74, 6) is -0.285. The summed E-state index contributed by atoms with van der Waals surface area (Å²) in [6.07, 6.45) is 8.95. The number of hydrogen-bond donors (Lipinski definition) is 1. The molecule has 1 rings (SSSR count). The Morgan fingerprint density at radius 3 is 2.37 bits per heavy atom. The minimum absolute atomic E-state index is 0.285. The fourth-order valence-corrected chi connectivity index (χ4v) is 2.58. The van der Waals surface area contributed by atoms with E-state index in [4.69, 9.17) is 0 Å². The maximum atomic E-state index is 13.1. The lowest BCUT2D eigenvalue weighted by Gasteiger charge is -2.11. The van der Waals surface area contributed by atoms with Crippen LogP contribution >= 0.6 is 15.9 Å². The first kappa shape index (κ1) is 16.6. The van der Waals surface area contributed by atoms with Crippen LogP contribution in [-0.2, 0) is 0 Å². The summed E-state index contributed by atoms with van der Waals surface area (Å²) in [4.78, 5) is 0. The molecule has 0 fully saturated rings. The number of aliphatic hydroxyl groups is 1. The van der Waals surface area contributed by atoms with E-state index in [0.29, 0.717) is 4.47 Å². The molecular formula is C16H24BrFO. The Balaban J connectivity index is 2.20. The summed E-state index contributed by atoms with van der Waals surface area (Å²) < 4.78 is 13.5. The van der Waals surface area contributed by atoms with Gasteiger partial charge in [-0.2, -0.15) is 0 Å². The van der Waals surface area contributed by atoms with Crippen molar-refractivity contribution in [1.29, 1.82) is 0 Å². The molecule has 0 aliphatic heterocycles. The van der Waals surface area contributed by atoms with Crippen LogP contribution in [0.25, 0.3) is 0 Å². The van der Waals surface area contributed by atoms with Crippen molar-refractivity contribution in [3.63, 3.8) is 0 Å². The quantitative estimate of drug-likeness (QED) is 0.570. The molecule has 19 heavy (non-hydrogen) atoms. The Labute approximate surface area is 124 Å². The van der Waals surface area contributed by atoms with Gasteiger partial charge in [-0.25, -0.2) is 4.39 Å². The topological polar surface area (TPSA) is 20.2 Å². The van der Waals surface area contributed by atoms with Gasteiger partial charge in [0.15, 0.2) is 0 Å². The molecule has 3 heteroatoms. The monoisotopic (exact) mass is 330 g/mol. The molecular weight excluding hydrogens is 307 g/mol. The molecule has 0 bridgehead atoms. The average molecular weight is 331 g/mol. The predicted molar refractivity (Wildman–Crippen MR) is 81.7 cm³/mol. The van der Waals surface area contributed by atoms with E-state index in [9.17, 15) is 9.50 Å². The van der Waals surface area contributed by atoms with Gasteiger partial charge >= 0.3 is 0 Å². The van der Waals surface area contributed by atoms with Crippen molar-refractivity contribution in [2.24, 2.45) is 0 Å². The van der Waals surface area contributed by atoms with Gasteiger partial charge in [-0.05, 0) is 40.0 Å². The van der Waals surface area contributed by atoms with Gasteiger partial charge in [-0.3, -0.25) is 0 Å². The Kier molecular flexibility index (Phi) is 8.31.